The Hall–Kier alpha value is -0.360. The van der Waals surface area contributed by atoms with Crippen LogP contribution in [0.15, 0.2) is 0 Å². The van der Waals surface area contributed by atoms with Crippen LogP contribution >= 0.6 is 0 Å². The van der Waals surface area contributed by atoms with E-state index in [9.17, 15) is 4.79 Å². The summed E-state index contributed by atoms with van der Waals surface area (Å²) in [7, 11) is 0. The molecule has 0 aliphatic carbocycles. The molecule has 3 N–H and O–H groups in total. The van der Waals surface area contributed by atoms with E-state index in [1.165, 1.54) is 0 Å². The maximum absolute atomic E-state index is 11.9. The van der Waals surface area contributed by atoms with E-state index in [0.717, 1.165) is 25.7 Å². The lowest BCUT2D eigenvalue weighted by Gasteiger charge is -2.31. The number of hydrogen-bond donors (Lipinski definition) is 1. The number of carbonyl (C=O) groups excluding carboxylic acids is 1. The Morgan fingerprint density at radius 3 is 2.59 bits per heavy atom. The molecule has 1 aliphatic rings. The fourth-order valence-electron chi connectivity index (χ4n) is 2.49. The van der Waals surface area contributed by atoms with Gasteiger partial charge in [0.1, 0.15) is 12.2 Å². The SMILES string of the molecule is CCCO[C@H]1[C@H](C)OC(=O)[C@@H]([NH3+])CCC[C@@H]1OCC(C)C.[Cl-]. The van der Waals surface area contributed by atoms with Gasteiger partial charge in [-0.15, -0.1) is 0 Å². The first-order chi connectivity index (χ1) is 9.95. The molecule has 0 aromatic rings. The molecular formula is C16H32ClNO4. The summed E-state index contributed by atoms with van der Waals surface area (Å²) in [6.45, 7) is 9.58. The smallest absolute Gasteiger partial charge is 0.365 e. The van der Waals surface area contributed by atoms with E-state index < -0.39 is 0 Å². The number of esters is 1. The summed E-state index contributed by atoms with van der Waals surface area (Å²) in [5, 5.41) is 0. The Labute approximate surface area is 140 Å². The highest BCUT2D eigenvalue weighted by molar-refractivity contribution is 5.74. The summed E-state index contributed by atoms with van der Waals surface area (Å²) in [4.78, 5) is 11.9. The fraction of sp³-hybridized carbons (Fsp3) is 0.938. The molecule has 0 aromatic carbocycles. The molecule has 1 aliphatic heterocycles. The van der Waals surface area contributed by atoms with Gasteiger partial charge in [-0.25, -0.2) is 4.79 Å². The zero-order valence-corrected chi connectivity index (χ0v) is 15.1. The number of ether oxygens (including phenoxy) is 3. The standard InChI is InChI=1S/C16H31NO4.ClH/c1-5-9-19-15-12(4)21-16(18)13(17)7-6-8-14(15)20-10-11(2)3;/h11-15H,5-10,17H2,1-4H3;1H/t12-,13-,14-,15-;/m0./s1. The summed E-state index contributed by atoms with van der Waals surface area (Å²) >= 11 is 0. The maximum Gasteiger partial charge on any atom is 0.365 e. The number of halogens is 1. The first-order valence-electron chi connectivity index (χ1n) is 8.22. The second-order valence-corrected chi connectivity index (χ2v) is 6.37. The van der Waals surface area contributed by atoms with Crippen molar-refractivity contribution < 1.29 is 37.1 Å². The largest absolute Gasteiger partial charge is 1.00 e. The van der Waals surface area contributed by atoms with E-state index in [2.05, 4.69) is 26.5 Å². The van der Waals surface area contributed by atoms with Crippen LogP contribution in [0, 0.1) is 5.92 Å². The van der Waals surface area contributed by atoms with Gasteiger partial charge in [0.05, 0.1) is 6.10 Å². The molecule has 0 bridgehead atoms. The van der Waals surface area contributed by atoms with Gasteiger partial charge in [-0.2, -0.15) is 0 Å². The van der Waals surface area contributed by atoms with E-state index >= 15 is 0 Å². The van der Waals surface area contributed by atoms with Gasteiger partial charge in [-0.1, -0.05) is 20.8 Å². The Morgan fingerprint density at radius 2 is 2.00 bits per heavy atom. The Balaban J connectivity index is 0.00000441. The summed E-state index contributed by atoms with van der Waals surface area (Å²) < 4.78 is 17.5. The third-order valence-corrected chi connectivity index (χ3v) is 3.66. The molecule has 0 aromatic heterocycles. The van der Waals surface area contributed by atoms with Crippen LogP contribution in [0.5, 0.6) is 0 Å². The molecular weight excluding hydrogens is 306 g/mol. The molecule has 22 heavy (non-hydrogen) atoms. The molecule has 0 saturated carbocycles. The highest BCUT2D eigenvalue weighted by Crippen LogP contribution is 2.21. The van der Waals surface area contributed by atoms with Gasteiger partial charge in [0.15, 0.2) is 6.04 Å². The van der Waals surface area contributed by atoms with Crippen molar-refractivity contribution in [2.24, 2.45) is 5.92 Å². The van der Waals surface area contributed by atoms with Crippen molar-refractivity contribution in [3.63, 3.8) is 0 Å². The highest BCUT2D eigenvalue weighted by Gasteiger charge is 2.34. The molecule has 5 nitrogen and oxygen atoms in total. The lowest BCUT2D eigenvalue weighted by molar-refractivity contribution is -0.410. The molecule has 1 rings (SSSR count). The van der Waals surface area contributed by atoms with Crippen molar-refractivity contribution in [2.45, 2.75) is 77.7 Å². The predicted molar refractivity (Wildman–Crippen MR) is 80.7 cm³/mol. The van der Waals surface area contributed by atoms with Gasteiger partial charge in [-0.3, -0.25) is 0 Å². The van der Waals surface area contributed by atoms with Crippen LogP contribution in [0.3, 0.4) is 0 Å². The second kappa shape index (κ2) is 11.2. The third-order valence-electron chi connectivity index (χ3n) is 3.66. The minimum Gasteiger partial charge on any atom is -1.00 e. The molecule has 0 amide bonds. The van der Waals surface area contributed by atoms with Crippen LogP contribution in [0.4, 0.5) is 0 Å². The zero-order chi connectivity index (χ0) is 15.8. The van der Waals surface area contributed by atoms with Crippen LogP contribution in [-0.2, 0) is 19.0 Å². The molecule has 132 valence electrons. The van der Waals surface area contributed by atoms with E-state index in [4.69, 9.17) is 14.2 Å². The zero-order valence-electron chi connectivity index (χ0n) is 14.3. The number of cyclic esters (lactones) is 1. The van der Waals surface area contributed by atoms with Crippen molar-refractivity contribution in [3.8, 4) is 0 Å². The topological polar surface area (TPSA) is 72.4 Å². The van der Waals surface area contributed by atoms with Gasteiger partial charge in [0.2, 0.25) is 0 Å². The highest BCUT2D eigenvalue weighted by atomic mass is 35.5. The van der Waals surface area contributed by atoms with E-state index in [1.54, 1.807) is 0 Å². The van der Waals surface area contributed by atoms with Gasteiger partial charge in [0, 0.05) is 19.6 Å². The molecule has 6 heteroatoms. The normalized spacial score (nSPS) is 30.0. The maximum atomic E-state index is 11.9. The van der Waals surface area contributed by atoms with E-state index in [1.807, 2.05) is 6.92 Å². The molecule has 0 spiro atoms. The van der Waals surface area contributed by atoms with Crippen LogP contribution in [0.25, 0.3) is 0 Å². The van der Waals surface area contributed by atoms with Crippen LogP contribution < -0.4 is 18.1 Å². The van der Waals surface area contributed by atoms with Crippen LogP contribution in [0.2, 0.25) is 0 Å². The van der Waals surface area contributed by atoms with Gasteiger partial charge < -0.3 is 32.4 Å². The lowest BCUT2D eigenvalue weighted by Crippen LogP contribution is -3.00. The molecule has 4 atom stereocenters. The molecule has 0 radical (unpaired) electrons. The van der Waals surface area contributed by atoms with Crippen molar-refractivity contribution in [2.75, 3.05) is 13.2 Å². The van der Waals surface area contributed by atoms with Crippen molar-refractivity contribution in [3.05, 3.63) is 0 Å². The average molecular weight is 338 g/mol. The third kappa shape index (κ3) is 7.27. The summed E-state index contributed by atoms with van der Waals surface area (Å²) in [5.41, 5.74) is 3.89. The quantitative estimate of drug-likeness (QED) is 0.602. The lowest BCUT2D eigenvalue weighted by atomic mass is 10.0. The summed E-state index contributed by atoms with van der Waals surface area (Å²) in [6.07, 6.45) is 2.95. The van der Waals surface area contributed by atoms with Gasteiger partial charge in [0.25, 0.3) is 0 Å². The van der Waals surface area contributed by atoms with E-state index in [0.29, 0.717) is 19.1 Å². The van der Waals surface area contributed by atoms with Gasteiger partial charge >= 0.3 is 5.97 Å². The molecule has 1 saturated heterocycles. The second-order valence-electron chi connectivity index (χ2n) is 6.37. The minimum absolute atomic E-state index is 0. The fourth-order valence-corrected chi connectivity index (χ4v) is 2.49. The molecule has 1 fully saturated rings. The minimum atomic E-state index is -0.302. The van der Waals surface area contributed by atoms with E-state index in [-0.39, 0.29) is 42.7 Å². The Kier molecular flexibility index (Phi) is 11.0. The molecule has 0 unspecified atom stereocenters. The van der Waals surface area contributed by atoms with Crippen molar-refractivity contribution in [1.82, 2.24) is 0 Å². The van der Waals surface area contributed by atoms with Gasteiger partial charge in [-0.05, 0) is 32.1 Å². The monoisotopic (exact) mass is 337 g/mol. The number of carbonyl (C=O) groups is 1. The van der Waals surface area contributed by atoms with Crippen molar-refractivity contribution in [1.29, 1.82) is 0 Å². The first-order valence-corrected chi connectivity index (χ1v) is 8.22. The molecule has 1 heterocycles. The Bertz CT molecular complexity index is 315. The number of quaternary nitrogens is 1. The summed E-state index contributed by atoms with van der Waals surface area (Å²) in [6, 6.07) is -0.289. The predicted octanol–water partition coefficient (Wildman–Crippen LogP) is -1.45. The average Bonchev–Trinajstić information content (AvgIpc) is 2.47. The van der Waals surface area contributed by atoms with Crippen LogP contribution in [0.1, 0.15) is 53.4 Å². The first kappa shape index (κ1) is 21.6. The van der Waals surface area contributed by atoms with Crippen LogP contribution in [-0.4, -0.2) is 43.5 Å². The number of hydrogen-bond acceptors (Lipinski definition) is 4. The van der Waals surface area contributed by atoms with Crippen molar-refractivity contribution >= 4 is 5.97 Å². The summed E-state index contributed by atoms with van der Waals surface area (Å²) in [5.74, 6) is 0.250. The Morgan fingerprint density at radius 1 is 1.32 bits per heavy atom. The number of rotatable bonds is 6.